The Kier molecular flexibility index (Phi) is 7.36. The summed E-state index contributed by atoms with van der Waals surface area (Å²) < 4.78 is 5.60. The number of aliphatic carboxylic acids is 1. The predicted molar refractivity (Wildman–Crippen MR) is 107 cm³/mol. The third kappa shape index (κ3) is 7.02. The van der Waals surface area contributed by atoms with Gasteiger partial charge in [0.05, 0.1) is 0 Å². The van der Waals surface area contributed by atoms with Crippen LogP contribution >= 0.6 is 0 Å². The zero-order valence-corrected chi connectivity index (χ0v) is 16.3. The van der Waals surface area contributed by atoms with Crippen LogP contribution in [0.2, 0.25) is 0 Å². The molecular formula is C22H29NO4. The van der Waals surface area contributed by atoms with E-state index in [1.165, 1.54) is 0 Å². The van der Waals surface area contributed by atoms with E-state index in [9.17, 15) is 9.59 Å². The predicted octanol–water partition coefficient (Wildman–Crippen LogP) is 4.46. The van der Waals surface area contributed by atoms with Crippen molar-refractivity contribution in [3.05, 3.63) is 48.0 Å². The summed E-state index contributed by atoms with van der Waals surface area (Å²) in [5.41, 5.74) is 0.309. The quantitative estimate of drug-likeness (QED) is 0.503. The molecule has 1 unspecified atom stereocenters. The lowest BCUT2D eigenvalue weighted by atomic mass is 10.0. The Labute approximate surface area is 160 Å². The topological polar surface area (TPSA) is 75.6 Å². The van der Waals surface area contributed by atoms with Gasteiger partial charge < -0.3 is 15.2 Å². The number of unbranched alkanes of at least 4 members (excludes halogenated alkanes) is 2. The second-order valence-corrected chi connectivity index (χ2v) is 7.73. The fraction of sp³-hybridized carbons (Fsp3) is 0.455. The lowest BCUT2D eigenvalue weighted by Crippen LogP contribution is -2.35. The van der Waals surface area contributed by atoms with E-state index in [1.807, 2.05) is 63.2 Å². The van der Waals surface area contributed by atoms with Gasteiger partial charge in [0.15, 0.2) is 0 Å². The van der Waals surface area contributed by atoms with Crippen LogP contribution in [0.5, 0.6) is 0 Å². The first-order valence-electron chi connectivity index (χ1n) is 9.43. The smallest absolute Gasteiger partial charge is 0.328 e. The lowest BCUT2D eigenvalue weighted by molar-refractivity contribution is -0.157. The Hall–Kier alpha value is -2.40. The number of carbonyl (C=O) groups is 2. The average molecular weight is 371 g/mol. The van der Waals surface area contributed by atoms with E-state index in [0.29, 0.717) is 13.0 Å². The second kappa shape index (κ2) is 9.51. The number of hydrogen-bond donors (Lipinski definition) is 2. The molecule has 5 heteroatoms. The fourth-order valence-corrected chi connectivity index (χ4v) is 2.91. The summed E-state index contributed by atoms with van der Waals surface area (Å²) in [4.78, 5) is 23.3. The second-order valence-electron chi connectivity index (χ2n) is 7.73. The molecule has 0 amide bonds. The SMILES string of the molecule is CC(C)(C)OC(=O)C(NCCCCCC(=O)O)c1ccc2ccccc2c1. The van der Waals surface area contributed by atoms with Gasteiger partial charge in [-0.15, -0.1) is 0 Å². The third-order valence-electron chi connectivity index (χ3n) is 4.17. The van der Waals surface area contributed by atoms with Crippen LogP contribution in [-0.2, 0) is 14.3 Å². The number of carboxylic acid groups (broad SMARTS) is 1. The molecule has 0 aliphatic heterocycles. The van der Waals surface area contributed by atoms with E-state index >= 15 is 0 Å². The molecule has 0 aliphatic carbocycles. The van der Waals surface area contributed by atoms with E-state index in [4.69, 9.17) is 9.84 Å². The van der Waals surface area contributed by atoms with E-state index in [1.54, 1.807) is 0 Å². The lowest BCUT2D eigenvalue weighted by Gasteiger charge is -2.25. The molecule has 2 N–H and O–H groups in total. The highest BCUT2D eigenvalue weighted by atomic mass is 16.6. The van der Waals surface area contributed by atoms with Crippen LogP contribution in [0, 0.1) is 0 Å². The molecule has 2 rings (SSSR count). The maximum atomic E-state index is 12.7. The van der Waals surface area contributed by atoms with Crippen LogP contribution in [0.3, 0.4) is 0 Å². The van der Waals surface area contributed by atoms with E-state index in [-0.39, 0.29) is 12.4 Å². The minimum Gasteiger partial charge on any atom is -0.481 e. The van der Waals surface area contributed by atoms with Gasteiger partial charge in [0.25, 0.3) is 0 Å². The van der Waals surface area contributed by atoms with Gasteiger partial charge >= 0.3 is 11.9 Å². The van der Waals surface area contributed by atoms with Crippen LogP contribution in [0.25, 0.3) is 10.8 Å². The van der Waals surface area contributed by atoms with Gasteiger partial charge in [0, 0.05) is 6.42 Å². The maximum absolute atomic E-state index is 12.7. The van der Waals surface area contributed by atoms with Gasteiger partial charge in [-0.1, -0.05) is 42.8 Å². The number of carboxylic acids is 1. The summed E-state index contributed by atoms with van der Waals surface area (Å²) in [6.07, 6.45) is 2.43. The number of esters is 1. The van der Waals surface area contributed by atoms with Crippen LogP contribution in [-0.4, -0.2) is 29.2 Å². The molecular weight excluding hydrogens is 342 g/mol. The van der Waals surface area contributed by atoms with E-state index < -0.39 is 17.6 Å². The number of fused-ring (bicyclic) bond motifs is 1. The molecule has 0 aliphatic rings. The van der Waals surface area contributed by atoms with E-state index in [2.05, 4.69) is 5.32 Å². The Morgan fingerprint density at radius 3 is 2.41 bits per heavy atom. The van der Waals surface area contributed by atoms with Gasteiger partial charge in [0.2, 0.25) is 0 Å². The molecule has 2 aromatic rings. The van der Waals surface area contributed by atoms with Crippen molar-refractivity contribution in [2.45, 2.75) is 58.1 Å². The molecule has 146 valence electrons. The highest BCUT2D eigenvalue weighted by molar-refractivity contribution is 5.85. The highest BCUT2D eigenvalue weighted by Crippen LogP contribution is 2.23. The molecule has 0 fully saturated rings. The highest BCUT2D eigenvalue weighted by Gasteiger charge is 2.26. The van der Waals surface area contributed by atoms with Crippen molar-refractivity contribution in [3.8, 4) is 0 Å². The summed E-state index contributed by atoms with van der Waals surface area (Å²) in [7, 11) is 0. The van der Waals surface area contributed by atoms with Gasteiger partial charge in [-0.05, 0) is 62.6 Å². The van der Waals surface area contributed by atoms with Crippen molar-refractivity contribution in [1.82, 2.24) is 5.32 Å². The van der Waals surface area contributed by atoms with Gasteiger partial charge in [0.1, 0.15) is 11.6 Å². The van der Waals surface area contributed by atoms with Crippen molar-refractivity contribution in [1.29, 1.82) is 0 Å². The van der Waals surface area contributed by atoms with E-state index in [0.717, 1.165) is 29.2 Å². The Morgan fingerprint density at radius 2 is 1.74 bits per heavy atom. The third-order valence-corrected chi connectivity index (χ3v) is 4.17. The minimum absolute atomic E-state index is 0.181. The molecule has 0 bridgehead atoms. The number of hydrogen-bond acceptors (Lipinski definition) is 4. The summed E-state index contributed by atoms with van der Waals surface area (Å²) in [5, 5.41) is 14.2. The molecule has 0 saturated carbocycles. The van der Waals surface area contributed by atoms with Crippen molar-refractivity contribution in [2.24, 2.45) is 0 Å². The summed E-state index contributed by atoms with van der Waals surface area (Å²) in [6.45, 7) is 6.19. The minimum atomic E-state index is -0.772. The number of rotatable bonds is 9. The molecule has 1 atom stereocenters. The first-order chi connectivity index (χ1) is 12.8. The molecule has 2 aromatic carbocycles. The van der Waals surface area contributed by atoms with Gasteiger partial charge in [-0.3, -0.25) is 4.79 Å². The monoisotopic (exact) mass is 371 g/mol. The molecule has 0 heterocycles. The van der Waals surface area contributed by atoms with Crippen molar-refractivity contribution >= 4 is 22.7 Å². The number of carbonyl (C=O) groups excluding carboxylic acids is 1. The van der Waals surface area contributed by atoms with Crippen LogP contribution < -0.4 is 5.32 Å². The normalized spacial score (nSPS) is 12.7. The molecule has 0 spiro atoms. The van der Waals surface area contributed by atoms with Crippen molar-refractivity contribution in [3.63, 3.8) is 0 Å². The molecule has 5 nitrogen and oxygen atoms in total. The standard InChI is InChI=1S/C22H29NO4/c1-22(2,3)27-21(26)20(23-14-8-4-5-11-19(24)25)18-13-12-16-9-6-7-10-17(16)15-18/h6-7,9-10,12-13,15,20,23H,4-5,8,11,14H2,1-3H3,(H,24,25). The maximum Gasteiger partial charge on any atom is 0.328 e. The fourth-order valence-electron chi connectivity index (χ4n) is 2.91. The molecule has 0 radical (unpaired) electrons. The zero-order valence-electron chi connectivity index (χ0n) is 16.3. The number of nitrogens with one attached hydrogen (secondary N) is 1. The molecule has 27 heavy (non-hydrogen) atoms. The largest absolute Gasteiger partial charge is 0.481 e. The van der Waals surface area contributed by atoms with Crippen molar-refractivity contribution in [2.75, 3.05) is 6.54 Å². The van der Waals surface area contributed by atoms with Crippen molar-refractivity contribution < 1.29 is 19.4 Å². The summed E-state index contributed by atoms with van der Waals surface area (Å²) in [5.74, 6) is -1.07. The summed E-state index contributed by atoms with van der Waals surface area (Å²) >= 11 is 0. The molecule has 0 saturated heterocycles. The summed E-state index contributed by atoms with van der Waals surface area (Å²) in [6, 6.07) is 13.5. The first kappa shape index (κ1) is 20.9. The van der Waals surface area contributed by atoms with Crippen LogP contribution in [0.15, 0.2) is 42.5 Å². The Bertz CT molecular complexity index is 779. The van der Waals surface area contributed by atoms with Gasteiger partial charge in [-0.25, -0.2) is 4.79 Å². The van der Waals surface area contributed by atoms with Gasteiger partial charge in [-0.2, -0.15) is 0 Å². The first-order valence-corrected chi connectivity index (χ1v) is 9.43. The van der Waals surface area contributed by atoms with Crippen LogP contribution in [0.4, 0.5) is 0 Å². The number of benzene rings is 2. The molecule has 0 aromatic heterocycles. The zero-order chi connectivity index (χ0) is 19.9. The number of ether oxygens (including phenoxy) is 1. The average Bonchev–Trinajstić information content (AvgIpc) is 2.59. The van der Waals surface area contributed by atoms with Crippen LogP contribution in [0.1, 0.15) is 58.1 Å². The Balaban J connectivity index is 2.08. The Morgan fingerprint density at radius 1 is 1.04 bits per heavy atom.